The molecule has 0 saturated heterocycles. The highest BCUT2D eigenvalue weighted by molar-refractivity contribution is 5.73. The van der Waals surface area contributed by atoms with Gasteiger partial charge in [0.15, 0.2) is 11.5 Å². The van der Waals surface area contributed by atoms with Gasteiger partial charge in [-0.3, -0.25) is 0 Å². The van der Waals surface area contributed by atoms with E-state index in [1.54, 1.807) is 14.2 Å². The number of hydrogen-bond donors (Lipinski definition) is 3. The maximum atomic E-state index is 12.1. The molecule has 0 spiro atoms. The molecule has 2 aromatic carbocycles. The molecule has 0 saturated carbocycles. The molecule has 1 unspecified atom stereocenters. The molecular weight excluding hydrogens is 366 g/mol. The Hall–Kier alpha value is -2.73. The minimum atomic E-state index is -0.130. The van der Waals surface area contributed by atoms with Gasteiger partial charge >= 0.3 is 6.03 Å². The molecule has 1 heterocycles. The lowest BCUT2D eigenvalue weighted by atomic mass is 9.91. The number of nitrogens with one attached hydrogen (secondary N) is 3. The summed E-state index contributed by atoms with van der Waals surface area (Å²) in [4.78, 5) is 13.5. The number of aryl methyl sites for hydroxylation is 1. The molecule has 1 aliphatic heterocycles. The van der Waals surface area contributed by atoms with Gasteiger partial charge in [0.2, 0.25) is 0 Å². The Morgan fingerprint density at radius 3 is 2.59 bits per heavy atom. The molecule has 3 rings (SSSR count). The quantitative estimate of drug-likeness (QED) is 0.669. The number of hydrogen-bond acceptors (Lipinski definition) is 3. The van der Waals surface area contributed by atoms with Crippen LogP contribution < -0.4 is 25.0 Å². The first kappa shape index (κ1) is 21.0. The number of urea groups is 1. The molecule has 29 heavy (non-hydrogen) atoms. The lowest BCUT2D eigenvalue weighted by Gasteiger charge is -2.35. The number of fused-ring (bicyclic) bond motifs is 1. The van der Waals surface area contributed by atoms with Crippen LogP contribution in [0.2, 0.25) is 0 Å². The van der Waals surface area contributed by atoms with Crippen molar-refractivity contribution in [3.05, 3.63) is 58.7 Å². The van der Waals surface area contributed by atoms with Crippen LogP contribution >= 0.6 is 0 Å². The van der Waals surface area contributed by atoms with Crippen molar-refractivity contribution >= 4 is 6.03 Å². The number of carbonyl (C=O) groups is 1. The molecule has 0 aromatic heterocycles. The van der Waals surface area contributed by atoms with Crippen LogP contribution in [0.25, 0.3) is 0 Å². The van der Waals surface area contributed by atoms with E-state index in [1.165, 1.54) is 27.2 Å². The SMILES string of the molecule is CCNC(=O)NC[C@H]1c2cc(OC)c(OC)cc2CC[NH+]1Cc1cccc(C)c1. The van der Waals surface area contributed by atoms with E-state index in [9.17, 15) is 4.79 Å². The van der Waals surface area contributed by atoms with Crippen molar-refractivity contribution in [2.24, 2.45) is 0 Å². The minimum Gasteiger partial charge on any atom is -0.493 e. The lowest BCUT2D eigenvalue weighted by molar-refractivity contribution is -0.945. The zero-order valence-corrected chi connectivity index (χ0v) is 17.8. The minimum absolute atomic E-state index is 0.130. The van der Waals surface area contributed by atoms with Gasteiger partial charge in [0.1, 0.15) is 12.6 Å². The fourth-order valence-corrected chi connectivity index (χ4v) is 4.14. The molecule has 0 radical (unpaired) electrons. The Morgan fingerprint density at radius 2 is 1.90 bits per heavy atom. The van der Waals surface area contributed by atoms with Crippen molar-refractivity contribution in [3.63, 3.8) is 0 Å². The summed E-state index contributed by atoms with van der Waals surface area (Å²) >= 11 is 0. The fourth-order valence-electron chi connectivity index (χ4n) is 4.14. The molecule has 1 aliphatic rings. The molecule has 2 atom stereocenters. The van der Waals surface area contributed by atoms with Gasteiger partial charge in [-0.05, 0) is 31.5 Å². The molecule has 6 heteroatoms. The summed E-state index contributed by atoms with van der Waals surface area (Å²) in [5.74, 6) is 1.48. The zero-order valence-electron chi connectivity index (χ0n) is 17.8. The van der Waals surface area contributed by atoms with Gasteiger partial charge in [-0.2, -0.15) is 0 Å². The second-order valence-electron chi connectivity index (χ2n) is 7.52. The van der Waals surface area contributed by atoms with Crippen LogP contribution in [0.5, 0.6) is 11.5 Å². The topological polar surface area (TPSA) is 64.0 Å². The van der Waals surface area contributed by atoms with Gasteiger partial charge in [-0.15, -0.1) is 0 Å². The van der Waals surface area contributed by atoms with Gasteiger partial charge in [0.05, 0.1) is 27.3 Å². The normalized spacial score (nSPS) is 17.9. The van der Waals surface area contributed by atoms with Gasteiger partial charge in [0.25, 0.3) is 0 Å². The Bertz CT molecular complexity index is 853. The molecule has 2 amide bonds. The monoisotopic (exact) mass is 398 g/mol. The van der Waals surface area contributed by atoms with E-state index in [0.29, 0.717) is 13.1 Å². The first-order valence-electron chi connectivity index (χ1n) is 10.2. The Morgan fingerprint density at radius 1 is 1.14 bits per heavy atom. The van der Waals surface area contributed by atoms with Crippen molar-refractivity contribution < 1.29 is 19.2 Å². The van der Waals surface area contributed by atoms with Crippen molar-refractivity contribution in [2.45, 2.75) is 32.9 Å². The third-order valence-corrected chi connectivity index (χ3v) is 5.55. The zero-order chi connectivity index (χ0) is 20.8. The third-order valence-electron chi connectivity index (χ3n) is 5.55. The second-order valence-corrected chi connectivity index (χ2v) is 7.52. The predicted molar refractivity (Wildman–Crippen MR) is 114 cm³/mol. The van der Waals surface area contributed by atoms with Crippen molar-refractivity contribution in [1.29, 1.82) is 0 Å². The molecule has 0 aliphatic carbocycles. The van der Waals surface area contributed by atoms with Crippen LogP contribution in [0.4, 0.5) is 4.79 Å². The summed E-state index contributed by atoms with van der Waals surface area (Å²) in [6.45, 7) is 7.13. The van der Waals surface area contributed by atoms with Gasteiger partial charge < -0.3 is 25.0 Å². The number of quaternary nitrogens is 1. The van der Waals surface area contributed by atoms with Crippen LogP contribution in [-0.2, 0) is 13.0 Å². The molecule has 0 fully saturated rings. The number of methoxy groups -OCH3 is 2. The predicted octanol–water partition coefficient (Wildman–Crippen LogP) is 2.01. The summed E-state index contributed by atoms with van der Waals surface area (Å²) in [7, 11) is 3.32. The first-order valence-corrected chi connectivity index (χ1v) is 10.2. The maximum Gasteiger partial charge on any atom is 0.315 e. The second kappa shape index (κ2) is 9.65. The van der Waals surface area contributed by atoms with Crippen LogP contribution in [0, 0.1) is 6.92 Å². The van der Waals surface area contributed by atoms with E-state index >= 15 is 0 Å². The van der Waals surface area contributed by atoms with Gasteiger partial charge in [0, 0.05) is 24.1 Å². The Labute approximate surface area is 173 Å². The van der Waals surface area contributed by atoms with Gasteiger partial charge in [-0.1, -0.05) is 29.8 Å². The standard InChI is InChI=1S/C23H31N3O3/c1-5-24-23(27)25-14-20-19-13-22(29-4)21(28-3)12-18(19)9-10-26(20)15-17-8-6-7-16(2)11-17/h6-8,11-13,20H,5,9-10,14-15H2,1-4H3,(H2,24,25,27)/p+1/t20-/m0/s1. The molecular formula is C23H32N3O3+. The summed E-state index contributed by atoms with van der Waals surface area (Å²) in [5, 5.41) is 5.86. The number of rotatable bonds is 7. The highest BCUT2D eigenvalue weighted by atomic mass is 16.5. The third kappa shape index (κ3) is 5.01. The first-order chi connectivity index (χ1) is 14.0. The van der Waals surface area contributed by atoms with Crippen LogP contribution in [0.1, 0.15) is 35.2 Å². The summed E-state index contributed by atoms with van der Waals surface area (Å²) < 4.78 is 11.0. The molecule has 3 N–H and O–H groups in total. The number of ether oxygens (including phenoxy) is 2. The van der Waals surface area contributed by atoms with Gasteiger partial charge in [-0.25, -0.2) is 4.79 Å². The Kier molecular flexibility index (Phi) is 6.99. The van der Waals surface area contributed by atoms with E-state index in [2.05, 4.69) is 54.0 Å². The summed E-state index contributed by atoms with van der Waals surface area (Å²) in [6, 6.07) is 12.8. The summed E-state index contributed by atoms with van der Waals surface area (Å²) in [6.07, 6.45) is 0.967. The van der Waals surface area contributed by atoms with Crippen LogP contribution in [0.3, 0.4) is 0 Å². The van der Waals surface area contributed by atoms with Crippen molar-refractivity contribution in [1.82, 2.24) is 10.6 Å². The van der Waals surface area contributed by atoms with Crippen LogP contribution in [-0.4, -0.2) is 39.9 Å². The van der Waals surface area contributed by atoms with Crippen molar-refractivity contribution in [3.8, 4) is 11.5 Å². The highest BCUT2D eigenvalue weighted by Crippen LogP contribution is 2.34. The smallest absolute Gasteiger partial charge is 0.315 e. The average molecular weight is 399 g/mol. The molecule has 2 aromatic rings. The largest absolute Gasteiger partial charge is 0.493 e. The number of amides is 2. The average Bonchev–Trinajstić information content (AvgIpc) is 2.72. The van der Waals surface area contributed by atoms with E-state index < -0.39 is 0 Å². The van der Waals surface area contributed by atoms with Crippen molar-refractivity contribution in [2.75, 3.05) is 33.9 Å². The molecule has 6 nitrogen and oxygen atoms in total. The van der Waals surface area contributed by atoms with E-state index in [1.807, 2.05) is 6.92 Å². The van der Waals surface area contributed by atoms with E-state index in [0.717, 1.165) is 31.0 Å². The number of benzene rings is 2. The number of carbonyl (C=O) groups excluding carboxylic acids is 1. The van der Waals surface area contributed by atoms with Crippen LogP contribution in [0.15, 0.2) is 36.4 Å². The van der Waals surface area contributed by atoms with E-state index in [-0.39, 0.29) is 12.1 Å². The molecule has 0 bridgehead atoms. The fraction of sp³-hybridized carbons (Fsp3) is 0.435. The van der Waals surface area contributed by atoms with E-state index in [4.69, 9.17) is 9.47 Å². The molecule has 156 valence electrons. The Balaban J connectivity index is 1.91. The summed E-state index contributed by atoms with van der Waals surface area (Å²) in [5.41, 5.74) is 5.06. The highest BCUT2D eigenvalue weighted by Gasteiger charge is 2.32. The maximum absolute atomic E-state index is 12.1. The lowest BCUT2D eigenvalue weighted by Crippen LogP contribution is -3.12.